The average molecular weight is 695 g/mol. The highest BCUT2D eigenvalue weighted by atomic mass is 16.6. The summed E-state index contributed by atoms with van der Waals surface area (Å²) in [6.45, 7) is 8.75. The lowest BCUT2D eigenvalue weighted by molar-refractivity contribution is -0.124. The van der Waals surface area contributed by atoms with Crippen molar-refractivity contribution in [1.82, 2.24) is 24.6 Å². The molecule has 10 nitrogen and oxygen atoms in total. The normalized spacial score (nSPS) is 28.4. The van der Waals surface area contributed by atoms with Crippen LogP contribution in [0.1, 0.15) is 108 Å². The van der Waals surface area contributed by atoms with E-state index in [9.17, 15) is 9.59 Å². The number of anilines is 1. The van der Waals surface area contributed by atoms with Gasteiger partial charge in [-0.25, -0.2) is 14.8 Å². The van der Waals surface area contributed by atoms with Crippen molar-refractivity contribution in [3.05, 3.63) is 54.1 Å². The number of nitrogens with zero attached hydrogens (tertiary/aromatic N) is 6. The lowest BCUT2D eigenvalue weighted by Crippen LogP contribution is -2.52. The van der Waals surface area contributed by atoms with Gasteiger partial charge >= 0.3 is 6.09 Å². The minimum Gasteiger partial charge on any atom is -0.496 e. The van der Waals surface area contributed by atoms with Crippen LogP contribution in [-0.2, 0) is 20.5 Å². The van der Waals surface area contributed by atoms with Gasteiger partial charge in [0.2, 0.25) is 5.91 Å². The van der Waals surface area contributed by atoms with E-state index in [2.05, 4.69) is 54.8 Å². The van der Waals surface area contributed by atoms with E-state index in [1.165, 1.54) is 17.5 Å². The van der Waals surface area contributed by atoms with E-state index in [0.717, 1.165) is 81.5 Å². The highest BCUT2D eigenvalue weighted by Crippen LogP contribution is 2.58. The van der Waals surface area contributed by atoms with E-state index >= 15 is 0 Å². The number of methoxy groups -OCH3 is 1. The van der Waals surface area contributed by atoms with Gasteiger partial charge in [0.25, 0.3) is 0 Å². The van der Waals surface area contributed by atoms with Crippen molar-refractivity contribution in [2.75, 3.05) is 31.6 Å². The molecule has 10 heteroatoms. The number of likely N-dealkylation sites (tertiary alicyclic amines) is 1. The molecule has 6 fully saturated rings. The Hall–Kier alpha value is -3.95. The number of benzene rings is 1. The Morgan fingerprint density at radius 3 is 2.31 bits per heavy atom. The third-order valence-electron chi connectivity index (χ3n) is 13.6. The van der Waals surface area contributed by atoms with Crippen molar-refractivity contribution in [1.29, 1.82) is 0 Å². The van der Waals surface area contributed by atoms with Crippen LogP contribution in [0.15, 0.2) is 43.0 Å². The van der Waals surface area contributed by atoms with Gasteiger partial charge in [0.1, 0.15) is 24.0 Å². The van der Waals surface area contributed by atoms with Crippen molar-refractivity contribution >= 4 is 17.8 Å². The SMILES string of the molecule is COc1ccc(C23CCC(CN(C(=O)C4CCC(OC(=O)N5CC(C)C5)CC4)c4cc(-c5cnn(C6(C)CCC6)c5)ncn4)(CC2)CC3)cc1C. The Morgan fingerprint density at radius 2 is 1.69 bits per heavy atom. The minimum absolute atomic E-state index is 0.0504. The van der Waals surface area contributed by atoms with Gasteiger partial charge in [0.15, 0.2) is 0 Å². The second kappa shape index (κ2) is 13.2. The van der Waals surface area contributed by atoms with Crippen LogP contribution in [0.3, 0.4) is 0 Å². The first kappa shape index (κ1) is 34.2. The van der Waals surface area contributed by atoms with Crippen molar-refractivity contribution in [2.45, 2.75) is 121 Å². The van der Waals surface area contributed by atoms with Crippen LogP contribution >= 0.6 is 0 Å². The fourth-order valence-electron chi connectivity index (χ4n) is 9.78. The zero-order valence-electron chi connectivity index (χ0n) is 30.9. The Balaban J connectivity index is 1.01. The van der Waals surface area contributed by atoms with Crippen LogP contribution in [-0.4, -0.2) is 69.5 Å². The van der Waals surface area contributed by atoms with Crippen LogP contribution in [0.25, 0.3) is 11.3 Å². The second-order valence-corrected chi connectivity index (χ2v) is 17.0. The van der Waals surface area contributed by atoms with E-state index in [1.807, 2.05) is 17.2 Å². The molecule has 0 unspecified atom stereocenters. The summed E-state index contributed by atoms with van der Waals surface area (Å²) in [4.78, 5) is 40.6. The number of carbonyl (C=O) groups is 2. The molecule has 2 amide bonds. The highest BCUT2D eigenvalue weighted by Gasteiger charge is 2.51. The summed E-state index contributed by atoms with van der Waals surface area (Å²) in [5.41, 5.74) is 4.67. The first-order valence-electron chi connectivity index (χ1n) is 19.4. The average Bonchev–Trinajstić information content (AvgIpc) is 3.63. The molecule has 0 atom stereocenters. The Bertz CT molecular complexity index is 1740. The lowest BCUT2D eigenvalue weighted by atomic mass is 9.51. The first-order chi connectivity index (χ1) is 24.6. The largest absolute Gasteiger partial charge is 0.496 e. The van der Waals surface area contributed by atoms with Gasteiger partial charge in [0, 0.05) is 43.4 Å². The Kier molecular flexibility index (Phi) is 8.86. The van der Waals surface area contributed by atoms with Crippen LogP contribution in [0, 0.1) is 24.2 Å². The molecular weight excluding hydrogens is 640 g/mol. The van der Waals surface area contributed by atoms with Crippen molar-refractivity contribution in [2.24, 2.45) is 17.3 Å². The van der Waals surface area contributed by atoms with Gasteiger partial charge in [-0.1, -0.05) is 19.1 Å². The molecule has 3 heterocycles. The molecular formula is C41H54N6O4. The number of aromatic nitrogens is 4. The van der Waals surface area contributed by atoms with E-state index in [4.69, 9.17) is 19.6 Å². The summed E-state index contributed by atoms with van der Waals surface area (Å²) in [5, 5.41) is 4.72. The number of ether oxygens (including phenoxy) is 2. The standard InChI is InChI=1S/C41H54N6O4/c1-28-23-45(24-28)38(49)51-33-9-6-30(7-10-33)37(48)46(36-21-34(42-27-43-36)31-22-44-47(25-31)39(3)12-5-13-39)26-40-14-17-41(18-15-40,19-16-40)32-8-11-35(50-4)29(2)20-32/h8,11,20-22,25,27-28,30,33H,5-7,9-10,12-19,23-24,26H2,1-4H3. The fourth-order valence-corrected chi connectivity index (χ4v) is 9.78. The lowest BCUT2D eigenvalue weighted by Gasteiger charge is -2.55. The topological polar surface area (TPSA) is 103 Å². The number of carbonyl (C=O) groups excluding carboxylic acids is 2. The molecule has 1 saturated heterocycles. The molecule has 9 rings (SSSR count). The number of rotatable bonds is 9. The maximum Gasteiger partial charge on any atom is 0.410 e. The van der Waals surface area contributed by atoms with E-state index in [-0.39, 0.29) is 40.4 Å². The minimum atomic E-state index is -0.206. The first-order valence-corrected chi connectivity index (χ1v) is 19.4. The van der Waals surface area contributed by atoms with Crippen LogP contribution in [0.4, 0.5) is 10.6 Å². The number of aryl methyl sites for hydroxylation is 1. The smallest absolute Gasteiger partial charge is 0.410 e. The number of hydrogen-bond donors (Lipinski definition) is 0. The predicted molar refractivity (Wildman–Crippen MR) is 196 cm³/mol. The van der Waals surface area contributed by atoms with Gasteiger partial charge in [-0.2, -0.15) is 5.10 Å². The summed E-state index contributed by atoms with van der Waals surface area (Å²) >= 11 is 0. The molecule has 51 heavy (non-hydrogen) atoms. The molecule has 1 aliphatic heterocycles. The van der Waals surface area contributed by atoms with Crippen molar-refractivity contribution in [3.63, 3.8) is 0 Å². The third kappa shape index (κ3) is 6.41. The molecule has 0 spiro atoms. The van der Waals surface area contributed by atoms with Gasteiger partial charge in [-0.15, -0.1) is 0 Å². The maximum absolute atomic E-state index is 14.7. The van der Waals surface area contributed by atoms with E-state index in [0.29, 0.717) is 44.0 Å². The molecule has 5 aliphatic carbocycles. The summed E-state index contributed by atoms with van der Waals surface area (Å²) in [6.07, 6.45) is 18.2. The number of fused-ring (bicyclic) bond motifs is 3. The predicted octanol–water partition coefficient (Wildman–Crippen LogP) is 7.83. The molecule has 6 aliphatic rings. The van der Waals surface area contributed by atoms with Gasteiger partial charge in [-0.3, -0.25) is 14.4 Å². The Labute approximate surface area is 302 Å². The monoisotopic (exact) mass is 694 g/mol. The van der Waals surface area contributed by atoms with Crippen molar-refractivity contribution in [3.8, 4) is 17.0 Å². The molecule has 272 valence electrons. The van der Waals surface area contributed by atoms with Gasteiger partial charge < -0.3 is 14.4 Å². The van der Waals surface area contributed by atoms with Gasteiger partial charge in [0.05, 0.1) is 24.5 Å². The van der Waals surface area contributed by atoms with Crippen LogP contribution in [0.5, 0.6) is 5.75 Å². The summed E-state index contributed by atoms with van der Waals surface area (Å²) in [6, 6.07) is 8.73. The molecule has 2 aromatic heterocycles. The third-order valence-corrected chi connectivity index (χ3v) is 13.6. The molecule has 3 aromatic rings. The highest BCUT2D eigenvalue weighted by molar-refractivity contribution is 5.94. The fraction of sp³-hybridized carbons (Fsp3) is 0.634. The summed E-state index contributed by atoms with van der Waals surface area (Å²) in [7, 11) is 1.74. The van der Waals surface area contributed by atoms with E-state index in [1.54, 1.807) is 18.3 Å². The second-order valence-electron chi connectivity index (χ2n) is 17.0. The van der Waals surface area contributed by atoms with Crippen LogP contribution < -0.4 is 9.64 Å². The Morgan fingerprint density at radius 1 is 0.961 bits per heavy atom. The van der Waals surface area contributed by atoms with E-state index < -0.39 is 0 Å². The molecule has 0 radical (unpaired) electrons. The summed E-state index contributed by atoms with van der Waals surface area (Å²) in [5.74, 6) is 2.17. The molecule has 1 aromatic carbocycles. The number of amides is 2. The molecule has 5 saturated carbocycles. The zero-order chi connectivity index (χ0) is 35.4. The zero-order valence-corrected chi connectivity index (χ0v) is 30.9. The van der Waals surface area contributed by atoms with Crippen molar-refractivity contribution < 1.29 is 19.1 Å². The van der Waals surface area contributed by atoms with Crippen LogP contribution in [0.2, 0.25) is 0 Å². The molecule has 0 N–H and O–H groups in total. The van der Waals surface area contributed by atoms with Gasteiger partial charge in [-0.05, 0) is 131 Å². The number of hydrogen-bond acceptors (Lipinski definition) is 7. The quantitative estimate of drug-likeness (QED) is 0.225. The summed E-state index contributed by atoms with van der Waals surface area (Å²) < 4.78 is 13.5. The molecule has 2 bridgehead atoms. The maximum atomic E-state index is 14.7.